The van der Waals surface area contributed by atoms with Crippen molar-refractivity contribution in [1.82, 2.24) is 0 Å². The molecule has 0 fully saturated rings. The number of amides is 1. The van der Waals surface area contributed by atoms with E-state index in [2.05, 4.69) is 5.32 Å². The number of carbonyl (C=O) groups is 1. The van der Waals surface area contributed by atoms with Gasteiger partial charge < -0.3 is 10.1 Å². The highest BCUT2D eigenvalue weighted by Gasteiger charge is 2.22. The standard InChI is InChI=1S/C19H16ClFN2O4S2/c1-23(29(25,26)19-3-2-10-28-19)14-5-7-15(8-6-14)27-12-18(24)22-17-9-4-13(20)11-16(17)21/h2-11H,12H2,1H3,(H,22,24). The van der Waals surface area contributed by atoms with Gasteiger partial charge in [-0.05, 0) is 53.9 Å². The van der Waals surface area contributed by atoms with Crippen LogP contribution in [0.5, 0.6) is 5.75 Å². The average Bonchev–Trinajstić information content (AvgIpc) is 3.24. The van der Waals surface area contributed by atoms with Gasteiger partial charge in [-0.15, -0.1) is 11.3 Å². The number of rotatable bonds is 7. The van der Waals surface area contributed by atoms with Gasteiger partial charge >= 0.3 is 0 Å². The summed E-state index contributed by atoms with van der Waals surface area (Å²) in [6.07, 6.45) is 0. The molecule has 0 radical (unpaired) electrons. The predicted molar refractivity (Wildman–Crippen MR) is 112 cm³/mol. The summed E-state index contributed by atoms with van der Waals surface area (Å²) in [6, 6.07) is 13.3. The minimum absolute atomic E-state index is 0.00115. The Morgan fingerprint density at radius 3 is 2.55 bits per heavy atom. The number of hydrogen-bond donors (Lipinski definition) is 1. The van der Waals surface area contributed by atoms with Crippen molar-refractivity contribution in [3.63, 3.8) is 0 Å². The van der Waals surface area contributed by atoms with E-state index in [0.29, 0.717) is 11.4 Å². The summed E-state index contributed by atoms with van der Waals surface area (Å²) in [5.41, 5.74) is 0.442. The molecule has 2 aromatic carbocycles. The van der Waals surface area contributed by atoms with Crippen LogP contribution in [0.4, 0.5) is 15.8 Å². The van der Waals surface area contributed by atoms with Gasteiger partial charge in [-0.1, -0.05) is 17.7 Å². The third-order valence-electron chi connectivity index (χ3n) is 3.89. The molecule has 1 aromatic heterocycles. The monoisotopic (exact) mass is 454 g/mol. The zero-order valence-corrected chi connectivity index (χ0v) is 17.5. The van der Waals surface area contributed by atoms with Crippen molar-refractivity contribution in [1.29, 1.82) is 0 Å². The number of ether oxygens (including phenoxy) is 1. The van der Waals surface area contributed by atoms with Crippen LogP contribution in [0.3, 0.4) is 0 Å². The molecule has 0 aliphatic rings. The molecule has 152 valence electrons. The van der Waals surface area contributed by atoms with Gasteiger partial charge in [0.2, 0.25) is 0 Å². The van der Waals surface area contributed by atoms with Crippen molar-refractivity contribution in [3.8, 4) is 5.75 Å². The lowest BCUT2D eigenvalue weighted by Crippen LogP contribution is -2.25. The molecular weight excluding hydrogens is 439 g/mol. The van der Waals surface area contributed by atoms with Gasteiger partial charge in [0.05, 0.1) is 11.4 Å². The minimum Gasteiger partial charge on any atom is -0.484 e. The predicted octanol–water partition coefficient (Wildman–Crippen LogP) is 4.38. The van der Waals surface area contributed by atoms with E-state index in [-0.39, 0.29) is 21.5 Å². The lowest BCUT2D eigenvalue weighted by molar-refractivity contribution is -0.118. The number of thiophene rings is 1. The molecule has 3 aromatic rings. The molecule has 3 rings (SSSR count). The molecule has 0 spiro atoms. The van der Waals surface area contributed by atoms with E-state index in [1.165, 1.54) is 29.6 Å². The summed E-state index contributed by atoms with van der Waals surface area (Å²) in [5.74, 6) is -0.833. The molecule has 0 aliphatic heterocycles. The molecule has 1 amide bonds. The second kappa shape index (κ2) is 8.81. The molecule has 0 saturated heterocycles. The van der Waals surface area contributed by atoms with Crippen molar-refractivity contribution in [3.05, 3.63) is 70.8 Å². The molecule has 1 N–H and O–H groups in total. The number of halogens is 2. The van der Waals surface area contributed by atoms with Crippen molar-refractivity contribution in [2.24, 2.45) is 0 Å². The third kappa shape index (κ3) is 5.06. The van der Waals surface area contributed by atoms with Crippen molar-refractivity contribution >= 4 is 50.2 Å². The molecule has 0 aliphatic carbocycles. The van der Waals surface area contributed by atoms with Gasteiger partial charge in [0, 0.05) is 12.1 Å². The quantitative estimate of drug-likeness (QED) is 0.574. The Kier molecular flexibility index (Phi) is 6.41. The van der Waals surface area contributed by atoms with E-state index in [9.17, 15) is 17.6 Å². The van der Waals surface area contributed by atoms with Crippen LogP contribution >= 0.6 is 22.9 Å². The summed E-state index contributed by atoms with van der Waals surface area (Å²) < 4.78 is 45.5. The number of sulfonamides is 1. The van der Waals surface area contributed by atoms with Crippen LogP contribution in [-0.4, -0.2) is 28.0 Å². The van der Waals surface area contributed by atoms with Crippen LogP contribution in [0.25, 0.3) is 0 Å². The normalized spacial score (nSPS) is 11.1. The fourth-order valence-electron chi connectivity index (χ4n) is 2.36. The Balaban J connectivity index is 1.60. The Bertz CT molecular complexity index is 1100. The molecule has 0 unspecified atom stereocenters. The minimum atomic E-state index is -3.63. The molecule has 0 atom stereocenters. The number of nitrogens with zero attached hydrogens (tertiary/aromatic N) is 1. The first-order valence-corrected chi connectivity index (χ1v) is 11.0. The Morgan fingerprint density at radius 1 is 1.21 bits per heavy atom. The van der Waals surface area contributed by atoms with E-state index in [1.807, 2.05) is 0 Å². The van der Waals surface area contributed by atoms with Crippen LogP contribution in [0.15, 0.2) is 64.2 Å². The zero-order valence-electron chi connectivity index (χ0n) is 15.1. The topological polar surface area (TPSA) is 75.7 Å². The fourth-order valence-corrected chi connectivity index (χ4v) is 4.88. The Morgan fingerprint density at radius 2 is 1.93 bits per heavy atom. The van der Waals surface area contributed by atoms with E-state index in [4.69, 9.17) is 16.3 Å². The number of anilines is 2. The van der Waals surface area contributed by atoms with Gasteiger partial charge in [0.15, 0.2) is 6.61 Å². The molecule has 0 saturated carbocycles. The van der Waals surface area contributed by atoms with Gasteiger partial charge in [-0.3, -0.25) is 9.10 Å². The van der Waals surface area contributed by atoms with Crippen LogP contribution < -0.4 is 14.4 Å². The summed E-state index contributed by atoms with van der Waals surface area (Å²) in [5, 5.41) is 4.31. The molecule has 10 heteroatoms. The van der Waals surface area contributed by atoms with Crippen molar-refractivity contribution < 1.29 is 22.3 Å². The lowest BCUT2D eigenvalue weighted by atomic mass is 10.3. The maximum Gasteiger partial charge on any atom is 0.273 e. The van der Waals surface area contributed by atoms with Gasteiger partial charge in [-0.25, -0.2) is 12.8 Å². The van der Waals surface area contributed by atoms with E-state index < -0.39 is 21.7 Å². The van der Waals surface area contributed by atoms with Crippen LogP contribution in [-0.2, 0) is 14.8 Å². The lowest BCUT2D eigenvalue weighted by Gasteiger charge is -2.18. The number of hydrogen-bond acceptors (Lipinski definition) is 5. The second-order valence-electron chi connectivity index (χ2n) is 5.86. The largest absolute Gasteiger partial charge is 0.484 e. The molecular formula is C19H16ClFN2O4S2. The van der Waals surface area contributed by atoms with Gasteiger partial charge in [0.1, 0.15) is 15.8 Å². The van der Waals surface area contributed by atoms with E-state index in [1.54, 1.807) is 35.7 Å². The van der Waals surface area contributed by atoms with Crippen molar-refractivity contribution in [2.45, 2.75) is 4.21 Å². The second-order valence-corrected chi connectivity index (χ2v) is 9.44. The Hall–Kier alpha value is -2.62. The first kappa shape index (κ1) is 21.1. The summed E-state index contributed by atoms with van der Waals surface area (Å²) in [7, 11) is -2.17. The summed E-state index contributed by atoms with van der Waals surface area (Å²) in [6.45, 7) is -0.343. The first-order valence-electron chi connectivity index (χ1n) is 8.27. The molecule has 6 nitrogen and oxygen atoms in total. The maximum atomic E-state index is 13.7. The fraction of sp³-hybridized carbons (Fsp3) is 0.105. The maximum absolute atomic E-state index is 13.7. The molecule has 29 heavy (non-hydrogen) atoms. The van der Waals surface area contributed by atoms with E-state index in [0.717, 1.165) is 17.4 Å². The van der Waals surface area contributed by atoms with Gasteiger partial charge in [0.25, 0.3) is 15.9 Å². The van der Waals surface area contributed by atoms with Crippen LogP contribution in [0.2, 0.25) is 5.02 Å². The highest BCUT2D eigenvalue weighted by Crippen LogP contribution is 2.26. The van der Waals surface area contributed by atoms with Gasteiger partial charge in [-0.2, -0.15) is 0 Å². The highest BCUT2D eigenvalue weighted by molar-refractivity contribution is 7.94. The zero-order chi connectivity index (χ0) is 21.0. The summed E-state index contributed by atoms with van der Waals surface area (Å²) in [4.78, 5) is 11.9. The Labute approximate surface area is 176 Å². The van der Waals surface area contributed by atoms with Crippen molar-refractivity contribution in [2.75, 3.05) is 23.3 Å². The number of nitrogens with one attached hydrogen (secondary N) is 1. The SMILES string of the molecule is CN(c1ccc(OCC(=O)Nc2ccc(Cl)cc2F)cc1)S(=O)(=O)c1cccs1. The molecule has 0 bridgehead atoms. The number of carbonyl (C=O) groups excluding carboxylic acids is 1. The highest BCUT2D eigenvalue weighted by atomic mass is 35.5. The first-order chi connectivity index (χ1) is 13.8. The number of benzene rings is 2. The average molecular weight is 455 g/mol. The van der Waals surface area contributed by atoms with Crippen LogP contribution in [0.1, 0.15) is 0 Å². The third-order valence-corrected chi connectivity index (χ3v) is 7.28. The molecule has 1 heterocycles. The smallest absolute Gasteiger partial charge is 0.273 e. The van der Waals surface area contributed by atoms with E-state index >= 15 is 0 Å². The summed E-state index contributed by atoms with van der Waals surface area (Å²) >= 11 is 6.81. The van der Waals surface area contributed by atoms with Crippen LogP contribution in [0, 0.1) is 5.82 Å².